The fraction of sp³-hybridized carbons (Fsp3) is 0.429. The lowest BCUT2D eigenvalue weighted by Crippen LogP contribution is -2.36. The molecule has 0 bridgehead atoms. The lowest BCUT2D eigenvalue weighted by Gasteiger charge is -2.17. The van der Waals surface area contributed by atoms with Crippen LogP contribution in [-0.2, 0) is 19.1 Å². The predicted octanol–water partition coefficient (Wildman–Crippen LogP) is -0.793. The number of ether oxygens (including phenoxy) is 2. The molecule has 1 aliphatic heterocycles. The number of carbonyl (C=O) groups excluding carboxylic acids is 2. The molecule has 0 radical (unpaired) electrons. The van der Waals surface area contributed by atoms with Crippen LogP contribution in [0.3, 0.4) is 0 Å². The Morgan fingerprint density at radius 2 is 2.42 bits per heavy atom. The summed E-state index contributed by atoms with van der Waals surface area (Å²) in [5.41, 5.74) is 0. The van der Waals surface area contributed by atoms with Crippen LogP contribution in [0.1, 0.15) is 0 Å². The van der Waals surface area contributed by atoms with Gasteiger partial charge in [-0.25, -0.2) is 0 Å². The number of rotatable bonds is 1. The molecule has 1 rings (SSSR count). The minimum absolute atomic E-state index is 0.696. The Balaban J connectivity index is 2.77. The average molecular weight is 172 g/mol. The second-order valence-electron chi connectivity index (χ2n) is 2.22. The number of aliphatic hydroxyl groups excluding tert-OH is 1. The number of carbonyl (C=O) groups is 2. The molecule has 66 valence electrons. The number of hydrogen-bond donors (Lipinski definition) is 1. The summed E-state index contributed by atoms with van der Waals surface area (Å²) in [6.07, 6.45) is 0.785. The quantitative estimate of drug-likeness (QED) is 0.414. The largest absolute Gasteiger partial charge is 0.468 e. The minimum Gasteiger partial charge on any atom is -0.468 e. The van der Waals surface area contributed by atoms with E-state index in [0.29, 0.717) is 0 Å². The van der Waals surface area contributed by atoms with Gasteiger partial charge in [0.1, 0.15) is 5.92 Å². The van der Waals surface area contributed by atoms with E-state index in [-0.39, 0.29) is 0 Å². The van der Waals surface area contributed by atoms with Gasteiger partial charge < -0.3 is 14.6 Å². The molecule has 0 aliphatic carbocycles. The van der Waals surface area contributed by atoms with Crippen molar-refractivity contribution in [2.45, 2.75) is 6.29 Å². The van der Waals surface area contributed by atoms with E-state index < -0.39 is 24.0 Å². The predicted molar refractivity (Wildman–Crippen MR) is 36.7 cm³/mol. The molecular formula is C7H8O5. The third-order valence-electron chi connectivity index (χ3n) is 1.48. The number of Topliss-reactive ketones (excluding diaryl/α,β-unsaturated/α-hetero) is 1. The maximum Gasteiger partial charge on any atom is 0.320 e. The van der Waals surface area contributed by atoms with Gasteiger partial charge >= 0.3 is 5.97 Å². The molecule has 0 aromatic carbocycles. The third kappa shape index (κ3) is 1.45. The van der Waals surface area contributed by atoms with E-state index in [9.17, 15) is 9.59 Å². The van der Waals surface area contributed by atoms with E-state index in [2.05, 4.69) is 9.47 Å². The van der Waals surface area contributed by atoms with Crippen LogP contribution in [0.5, 0.6) is 0 Å². The second-order valence-corrected chi connectivity index (χ2v) is 2.22. The van der Waals surface area contributed by atoms with Crippen molar-refractivity contribution in [1.29, 1.82) is 0 Å². The van der Waals surface area contributed by atoms with Crippen molar-refractivity contribution in [3.63, 3.8) is 0 Å². The normalized spacial score (nSPS) is 28.0. The lowest BCUT2D eigenvalue weighted by molar-refractivity contribution is -0.161. The fourth-order valence-corrected chi connectivity index (χ4v) is 0.836. The van der Waals surface area contributed by atoms with Crippen LogP contribution in [0.15, 0.2) is 12.3 Å². The molecule has 2 atom stereocenters. The zero-order chi connectivity index (χ0) is 9.14. The van der Waals surface area contributed by atoms with Gasteiger partial charge in [-0.05, 0) is 6.08 Å². The van der Waals surface area contributed by atoms with Crippen LogP contribution < -0.4 is 0 Å². The second kappa shape index (κ2) is 3.36. The van der Waals surface area contributed by atoms with Gasteiger partial charge in [-0.1, -0.05) is 0 Å². The monoisotopic (exact) mass is 172 g/mol. The zero-order valence-electron chi connectivity index (χ0n) is 6.39. The molecule has 0 aromatic rings. The zero-order valence-corrected chi connectivity index (χ0v) is 6.39. The Kier molecular flexibility index (Phi) is 2.44. The Bertz CT molecular complexity index is 232. The van der Waals surface area contributed by atoms with Crippen molar-refractivity contribution in [2.75, 3.05) is 7.11 Å². The number of esters is 1. The number of methoxy groups -OCH3 is 1. The highest BCUT2D eigenvalue weighted by Gasteiger charge is 2.33. The van der Waals surface area contributed by atoms with E-state index >= 15 is 0 Å². The van der Waals surface area contributed by atoms with Gasteiger partial charge in [0.05, 0.1) is 13.4 Å². The molecule has 0 saturated heterocycles. The first-order chi connectivity index (χ1) is 5.66. The highest BCUT2D eigenvalue weighted by molar-refractivity contribution is 6.02. The van der Waals surface area contributed by atoms with Gasteiger partial charge in [0.15, 0.2) is 0 Å². The van der Waals surface area contributed by atoms with Crippen molar-refractivity contribution >= 4 is 11.8 Å². The van der Waals surface area contributed by atoms with Gasteiger partial charge in [0.25, 0.3) is 6.29 Å². The van der Waals surface area contributed by atoms with Crippen LogP contribution in [0.25, 0.3) is 0 Å². The van der Waals surface area contributed by atoms with Crippen molar-refractivity contribution in [3.8, 4) is 0 Å². The molecule has 1 heterocycles. The molecule has 2 unspecified atom stereocenters. The molecule has 5 heteroatoms. The summed E-state index contributed by atoms with van der Waals surface area (Å²) in [5.74, 6) is -2.44. The van der Waals surface area contributed by atoms with Crippen LogP contribution in [-0.4, -0.2) is 30.3 Å². The SMILES string of the molecule is COC(=O)C1C=COC(O)C1=O. The minimum atomic E-state index is -1.56. The lowest BCUT2D eigenvalue weighted by atomic mass is 10.0. The average Bonchev–Trinajstić information content (AvgIpc) is 2.08. The molecule has 0 spiro atoms. The first kappa shape index (κ1) is 8.73. The van der Waals surface area contributed by atoms with Gasteiger partial charge in [-0.3, -0.25) is 9.59 Å². The summed E-state index contributed by atoms with van der Waals surface area (Å²) in [6.45, 7) is 0. The fourth-order valence-electron chi connectivity index (χ4n) is 0.836. The van der Waals surface area contributed by atoms with Crippen molar-refractivity contribution < 1.29 is 24.2 Å². The standard InChI is InChI=1S/C7H8O5/c1-11-6(9)4-2-3-12-7(10)5(4)8/h2-4,7,10H,1H3. The van der Waals surface area contributed by atoms with Crippen molar-refractivity contribution in [1.82, 2.24) is 0 Å². The van der Waals surface area contributed by atoms with Crippen LogP contribution in [0, 0.1) is 5.92 Å². The van der Waals surface area contributed by atoms with E-state index in [1.807, 2.05) is 0 Å². The third-order valence-corrected chi connectivity index (χ3v) is 1.48. The van der Waals surface area contributed by atoms with Crippen LogP contribution in [0.4, 0.5) is 0 Å². The summed E-state index contributed by atoms with van der Waals surface area (Å²) >= 11 is 0. The van der Waals surface area contributed by atoms with Gasteiger partial charge in [-0.2, -0.15) is 0 Å². The number of hydrogen-bond acceptors (Lipinski definition) is 5. The van der Waals surface area contributed by atoms with E-state index in [4.69, 9.17) is 5.11 Å². The maximum absolute atomic E-state index is 11.0. The Labute approximate surface area is 68.6 Å². The van der Waals surface area contributed by atoms with Gasteiger partial charge in [0.2, 0.25) is 5.78 Å². The molecule has 0 fully saturated rings. The molecular weight excluding hydrogens is 164 g/mol. The molecule has 0 amide bonds. The van der Waals surface area contributed by atoms with Crippen molar-refractivity contribution in [2.24, 2.45) is 5.92 Å². The maximum atomic E-state index is 11.0. The number of ketones is 1. The molecule has 1 aliphatic rings. The highest BCUT2D eigenvalue weighted by Crippen LogP contribution is 2.12. The van der Waals surface area contributed by atoms with Crippen molar-refractivity contribution in [3.05, 3.63) is 12.3 Å². The van der Waals surface area contributed by atoms with E-state index in [0.717, 1.165) is 6.26 Å². The summed E-state index contributed by atoms with van der Waals surface area (Å²) in [4.78, 5) is 21.9. The topological polar surface area (TPSA) is 72.8 Å². The van der Waals surface area contributed by atoms with E-state index in [1.54, 1.807) is 0 Å². The Morgan fingerprint density at radius 3 is 3.00 bits per heavy atom. The molecule has 0 aromatic heterocycles. The van der Waals surface area contributed by atoms with E-state index in [1.165, 1.54) is 13.2 Å². The number of aliphatic hydroxyl groups is 1. The first-order valence-corrected chi connectivity index (χ1v) is 3.28. The summed E-state index contributed by atoms with van der Waals surface area (Å²) in [6, 6.07) is 0. The smallest absolute Gasteiger partial charge is 0.320 e. The Morgan fingerprint density at radius 1 is 1.75 bits per heavy atom. The molecule has 0 saturated carbocycles. The first-order valence-electron chi connectivity index (χ1n) is 3.28. The van der Waals surface area contributed by atoms with Gasteiger partial charge in [-0.15, -0.1) is 0 Å². The van der Waals surface area contributed by atoms with Crippen LogP contribution in [0.2, 0.25) is 0 Å². The molecule has 5 nitrogen and oxygen atoms in total. The Hall–Kier alpha value is -1.36. The molecule has 12 heavy (non-hydrogen) atoms. The summed E-state index contributed by atoms with van der Waals surface area (Å²) < 4.78 is 8.76. The summed E-state index contributed by atoms with van der Waals surface area (Å²) in [5, 5.41) is 8.86. The highest BCUT2D eigenvalue weighted by atomic mass is 16.6. The van der Waals surface area contributed by atoms with Crippen LogP contribution >= 0.6 is 0 Å². The van der Waals surface area contributed by atoms with Gasteiger partial charge in [0, 0.05) is 0 Å². The molecule has 1 N–H and O–H groups in total. The summed E-state index contributed by atoms with van der Waals surface area (Å²) in [7, 11) is 1.17.